The molecule has 1 aromatic heterocycles. The molecule has 1 aliphatic heterocycles. The van der Waals surface area contributed by atoms with E-state index in [1.807, 2.05) is 35.2 Å². The molecule has 6 heteroatoms. The molecule has 1 aliphatic carbocycles. The maximum atomic E-state index is 12.9. The van der Waals surface area contributed by atoms with Gasteiger partial charge in [0.25, 0.3) is 5.91 Å². The fraction of sp³-hybridized carbons (Fsp3) is 0.450. The van der Waals surface area contributed by atoms with Crippen LogP contribution < -0.4 is 5.32 Å². The monoisotopic (exact) mass is 352 g/mol. The van der Waals surface area contributed by atoms with Gasteiger partial charge in [0.05, 0.1) is 5.69 Å². The van der Waals surface area contributed by atoms with Crippen molar-refractivity contribution in [3.05, 3.63) is 42.1 Å². The van der Waals surface area contributed by atoms with Crippen molar-refractivity contribution in [1.29, 1.82) is 0 Å². The fourth-order valence-electron chi connectivity index (χ4n) is 3.29. The molecule has 2 fully saturated rings. The van der Waals surface area contributed by atoms with Gasteiger partial charge >= 0.3 is 0 Å². The fourth-order valence-corrected chi connectivity index (χ4v) is 3.29. The molecule has 0 unspecified atom stereocenters. The number of rotatable bonds is 4. The van der Waals surface area contributed by atoms with E-state index in [4.69, 9.17) is 0 Å². The van der Waals surface area contributed by atoms with Gasteiger partial charge in [0, 0.05) is 25.1 Å². The third kappa shape index (κ3) is 3.49. The van der Waals surface area contributed by atoms with Crippen molar-refractivity contribution >= 4 is 17.6 Å². The molecule has 26 heavy (non-hydrogen) atoms. The molecule has 136 valence electrons. The van der Waals surface area contributed by atoms with E-state index in [1.165, 1.54) is 0 Å². The van der Waals surface area contributed by atoms with Crippen LogP contribution in [0.1, 0.15) is 43.1 Å². The zero-order valence-corrected chi connectivity index (χ0v) is 15.0. The van der Waals surface area contributed by atoms with Gasteiger partial charge in [-0.25, -0.2) is 4.68 Å². The lowest BCUT2D eigenvalue weighted by Gasteiger charge is -2.29. The summed E-state index contributed by atoms with van der Waals surface area (Å²) in [7, 11) is 0. The first-order valence-electron chi connectivity index (χ1n) is 9.37. The van der Waals surface area contributed by atoms with E-state index in [9.17, 15) is 9.59 Å². The number of carbonyl (C=O) groups excluding carboxylic acids is 2. The molecule has 1 N–H and O–H groups in total. The summed E-state index contributed by atoms with van der Waals surface area (Å²) in [6.07, 6.45) is 3.92. The molecule has 2 amide bonds. The second-order valence-corrected chi connectivity index (χ2v) is 7.40. The Bertz CT molecular complexity index is 802. The van der Waals surface area contributed by atoms with E-state index < -0.39 is 0 Å². The average molecular weight is 352 g/mol. The van der Waals surface area contributed by atoms with E-state index in [0.29, 0.717) is 17.4 Å². The Balaban J connectivity index is 1.62. The van der Waals surface area contributed by atoms with Crippen LogP contribution >= 0.6 is 0 Å². The van der Waals surface area contributed by atoms with Crippen LogP contribution in [0.2, 0.25) is 0 Å². The predicted octanol–water partition coefficient (Wildman–Crippen LogP) is 3.09. The van der Waals surface area contributed by atoms with Crippen LogP contribution in [0.3, 0.4) is 0 Å². The molecule has 0 bridgehead atoms. The van der Waals surface area contributed by atoms with Gasteiger partial charge in [0.2, 0.25) is 5.91 Å². The van der Waals surface area contributed by atoms with Gasteiger partial charge in [-0.15, -0.1) is 0 Å². The second-order valence-electron chi connectivity index (χ2n) is 7.40. The molecule has 1 aromatic carbocycles. The normalized spacial score (nSPS) is 18.0. The van der Waals surface area contributed by atoms with Gasteiger partial charge in [-0.05, 0) is 43.7 Å². The highest BCUT2D eigenvalue weighted by Crippen LogP contribution is 2.31. The number of amides is 2. The summed E-state index contributed by atoms with van der Waals surface area (Å²) < 4.78 is 1.65. The van der Waals surface area contributed by atoms with Crippen LogP contribution in [0.5, 0.6) is 0 Å². The standard InChI is InChI=1S/C20H24N4O2/c1-14-9-11-23(12-10-14)20(26)17-13-18(21-19(25)15-7-8-15)24(22-17)16-5-3-2-4-6-16/h2-6,13-15H,7-12H2,1H3,(H,21,25). The Morgan fingerprint density at radius 1 is 1.08 bits per heavy atom. The first-order chi connectivity index (χ1) is 12.6. The molecule has 2 heterocycles. The Morgan fingerprint density at radius 2 is 1.77 bits per heavy atom. The molecule has 2 aromatic rings. The van der Waals surface area contributed by atoms with E-state index in [0.717, 1.165) is 44.5 Å². The molecule has 1 saturated heterocycles. The SMILES string of the molecule is CC1CCN(C(=O)c2cc(NC(=O)C3CC3)n(-c3ccccc3)n2)CC1. The van der Waals surface area contributed by atoms with E-state index >= 15 is 0 Å². The van der Waals surface area contributed by atoms with Gasteiger partial charge in [-0.3, -0.25) is 9.59 Å². The van der Waals surface area contributed by atoms with Gasteiger partial charge in [0.1, 0.15) is 5.82 Å². The average Bonchev–Trinajstić information content (AvgIpc) is 3.44. The molecule has 1 saturated carbocycles. The number of carbonyl (C=O) groups is 2. The number of hydrogen-bond acceptors (Lipinski definition) is 3. The van der Waals surface area contributed by atoms with Gasteiger partial charge in [0.15, 0.2) is 5.69 Å². The van der Waals surface area contributed by atoms with Gasteiger partial charge in [-0.2, -0.15) is 5.10 Å². The molecule has 0 spiro atoms. The van der Waals surface area contributed by atoms with Crippen molar-refractivity contribution in [2.75, 3.05) is 18.4 Å². The molecule has 2 aliphatic rings. The summed E-state index contributed by atoms with van der Waals surface area (Å²) in [5.74, 6) is 1.26. The summed E-state index contributed by atoms with van der Waals surface area (Å²) >= 11 is 0. The first-order valence-corrected chi connectivity index (χ1v) is 9.37. The van der Waals surface area contributed by atoms with Crippen LogP contribution in [0, 0.1) is 11.8 Å². The Labute approximate surface area is 153 Å². The lowest BCUT2D eigenvalue weighted by atomic mass is 9.99. The third-order valence-electron chi connectivity index (χ3n) is 5.20. The molecule has 4 rings (SSSR count). The van der Waals surface area contributed by atoms with Crippen LogP contribution in [-0.4, -0.2) is 39.6 Å². The number of para-hydroxylation sites is 1. The first kappa shape index (κ1) is 16.8. The molecule has 0 atom stereocenters. The number of benzene rings is 1. The highest BCUT2D eigenvalue weighted by molar-refractivity contribution is 5.97. The summed E-state index contributed by atoms with van der Waals surface area (Å²) in [6, 6.07) is 11.3. The van der Waals surface area contributed by atoms with Crippen molar-refractivity contribution in [3.8, 4) is 5.69 Å². The third-order valence-corrected chi connectivity index (χ3v) is 5.20. The number of aromatic nitrogens is 2. The number of likely N-dealkylation sites (tertiary alicyclic amines) is 1. The molecule has 0 radical (unpaired) electrons. The minimum atomic E-state index is -0.0616. The second kappa shape index (κ2) is 6.94. The highest BCUT2D eigenvalue weighted by Gasteiger charge is 2.31. The van der Waals surface area contributed by atoms with Gasteiger partial charge in [-0.1, -0.05) is 25.1 Å². The summed E-state index contributed by atoms with van der Waals surface area (Å²) in [5, 5.41) is 7.47. The summed E-state index contributed by atoms with van der Waals surface area (Å²) in [5.41, 5.74) is 1.21. The van der Waals surface area contributed by atoms with Crippen molar-refractivity contribution in [3.63, 3.8) is 0 Å². The van der Waals surface area contributed by atoms with Gasteiger partial charge < -0.3 is 10.2 Å². The zero-order chi connectivity index (χ0) is 18.1. The lowest BCUT2D eigenvalue weighted by molar-refractivity contribution is -0.117. The molecular weight excluding hydrogens is 328 g/mol. The molecular formula is C20H24N4O2. The summed E-state index contributed by atoms with van der Waals surface area (Å²) in [4.78, 5) is 27.0. The topological polar surface area (TPSA) is 67.2 Å². The lowest BCUT2D eigenvalue weighted by Crippen LogP contribution is -2.38. The zero-order valence-electron chi connectivity index (χ0n) is 15.0. The predicted molar refractivity (Wildman–Crippen MR) is 99.2 cm³/mol. The number of anilines is 1. The maximum Gasteiger partial charge on any atom is 0.274 e. The highest BCUT2D eigenvalue weighted by atomic mass is 16.2. The van der Waals surface area contributed by atoms with Crippen molar-refractivity contribution in [1.82, 2.24) is 14.7 Å². The van der Waals surface area contributed by atoms with Crippen LogP contribution in [0.25, 0.3) is 5.69 Å². The van der Waals surface area contributed by atoms with Crippen LogP contribution in [0.4, 0.5) is 5.82 Å². The van der Waals surface area contributed by atoms with Crippen molar-refractivity contribution in [2.45, 2.75) is 32.6 Å². The van der Waals surface area contributed by atoms with Crippen LogP contribution in [0.15, 0.2) is 36.4 Å². The van der Waals surface area contributed by atoms with E-state index in [-0.39, 0.29) is 17.7 Å². The number of nitrogens with zero attached hydrogens (tertiary/aromatic N) is 3. The number of piperidine rings is 1. The Kier molecular flexibility index (Phi) is 4.49. The minimum Gasteiger partial charge on any atom is -0.337 e. The number of nitrogens with one attached hydrogen (secondary N) is 1. The summed E-state index contributed by atoms with van der Waals surface area (Å²) in [6.45, 7) is 3.75. The van der Waals surface area contributed by atoms with Crippen molar-refractivity contribution in [2.24, 2.45) is 11.8 Å². The van der Waals surface area contributed by atoms with E-state index in [1.54, 1.807) is 10.7 Å². The van der Waals surface area contributed by atoms with Crippen LogP contribution in [-0.2, 0) is 4.79 Å². The minimum absolute atomic E-state index is 0.00729. The molecule has 6 nitrogen and oxygen atoms in total. The Morgan fingerprint density at radius 3 is 2.42 bits per heavy atom. The largest absolute Gasteiger partial charge is 0.337 e. The Hall–Kier alpha value is -2.63. The number of hydrogen-bond donors (Lipinski definition) is 1. The van der Waals surface area contributed by atoms with E-state index in [2.05, 4.69) is 17.3 Å². The maximum absolute atomic E-state index is 12.9. The van der Waals surface area contributed by atoms with Crippen molar-refractivity contribution < 1.29 is 9.59 Å². The quantitative estimate of drug-likeness (QED) is 0.919. The smallest absolute Gasteiger partial charge is 0.274 e.